The Morgan fingerprint density at radius 1 is 1.16 bits per heavy atom. The fourth-order valence-electron chi connectivity index (χ4n) is 2.17. The first-order chi connectivity index (χ1) is 9.18. The molecular formula is C15H11ClN2O. The highest BCUT2D eigenvalue weighted by Gasteiger charge is 2.19. The van der Waals surface area contributed by atoms with Crippen LogP contribution in [-0.2, 0) is 0 Å². The maximum atomic E-state index is 12.6. The first kappa shape index (κ1) is 11.9. The van der Waals surface area contributed by atoms with E-state index >= 15 is 0 Å². The van der Waals surface area contributed by atoms with Gasteiger partial charge in [0.25, 0.3) is 0 Å². The van der Waals surface area contributed by atoms with Gasteiger partial charge < -0.3 is 0 Å². The Kier molecular flexibility index (Phi) is 2.84. The number of hydrogen-bond acceptors (Lipinski definition) is 2. The van der Waals surface area contributed by atoms with Gasteiger partial charge in [0.2, 0.25) is 5.78 Å². The van der Waals surface area contributed by atoms with Crippen LogP contribution in [0.25, 0.3) is 10.9 Å². The lowest BCUT2D eigenvalue weighted by Crippen LogP contribution is -2.05. The van der Waals surface area contributed by atoms with Crippen molar-refractivity contribution in [3.8, 4) is 0 Å². The number of nitrogens with zero attached hydrogens (tertiary/aromatic N) is 1. The number of hydrogen-bond donors (Lipinski definition) is 1. The molecule has 0 saturated heterocycles. The highest BCUT2D eigenvalue weighted by atomic mass is 35.5. The van der Waals surface area contributed by atoms with Crippen molar-refractivity contribution in [1.29, 1.82) is 0 Å². The molecule has 19 heavy (non-hydrogen) atoms. The van der Waals surface area contributed by atoms with Gasteiger partial charge in [-0.1, -0.05) is 41.9 Å². The Hall–Kier alpha value is -2.13. The third-order valence-corrected chi connectivity index (χ3v) is 3.45. The number of aromatic amines is 1. The predicted octanol–water partition coefficient (Wildman–Crippen LogP) is 3.76. The van der Waals surface area contributed by atoms with E-state index in [1.165, 1.54) is 0 Å². The lowest BCUT2D eigenvalue weighted by Gasteiger charge is -2.05. The molecule has 3 aromatic rings. The van der Waals surface area contributed by atoms with Gasteiger partial charge in [0.05, 0.1) is 10.5 Å². The molecule has 1 aromatic heterocycles. The number of halogens is 1. The molecule has 0 aliphatic rings. The van der Waals surface area contributed by atoms with Crippen LogP contribution in [-0.4, -0.2) is 16.0 Å². The minimum atomic E-state index is -0.152. The first-order valence-electron chi connectivity index (χ1n) is 5.91. The van der Waals surface area contributed by atoms with Crippen LogP contribution >= 0.6 is 11.6 Å². The van der Waals surface area contributed by atoms with Crippen LogP contribution < -0.4 is 0 Å². The molecule has 0 spiro atoms. The maximum absolute atomic E-state index is 12.6. The van der Waals surface area contributed by atoms with E-state index in [0.29, 0.717) is 16.3 Å². The van der Waals surface area contributed by atoms with Gasteiger partial charge in [-0.05, 0) is 24.6 Å². The van der Waals surface area contributed by atoms with E-state index in [1.54, 1.807) is 6.07 Å². The number of aryl methyl sites for hydroxylation is 1. The SMILES string of the molecule is Cc1cccc(Cl)c1C(=O)c1n[nH]c2ccccc12. The molecular weight excluding hydrogens is 260 g/mol. The maximum Gasteiger partial charge on any atom is 0.215 e. The van der Waals surface area contributed by atoms with E-state index < -0.39 is 0 Å². The summed E-state index contributed by atoms with van der Waals surface area (Å²) in [5.41, 5.74) is 2.62. The van der Waals surface area contributed by atoms with Crippen molar-refractivity contribution in [1.82, 2.24) is 10.2 Å². The summed E-state index contributed by atoms with van der Waals surface area (Å²) >= 11 is 6.13. The van der Waals surface area contributed by atoms with Crippen molar-refractivity contribution in [3.05, 3.63) is 64.3 Å². The van der Waals surface area contributed by atoms with Crippen molar-refractivity contribution < 1.29 is 4.79 Å². The predicted molar refractivity (Wildman–Crippen MR) is 75.7 cm³/mol. The zero-order chi connectivity index (χ0) is 13.4. The Morgan fingerprint density at radius 3 is 2.74 bits per heavy atom. The molecule has 0 radical (unpaired) electrons. The summed E-state index contributed by atoms with van der Waals surface area (Å²) in [6, 6.07) is 13.0. The van der Waals surface area contributed by atoms with E-state index in [2.05, 4.69) is 10.2 Å². The van der Waals surface area contributed by atoms with E-state index in [1.807, 2.05) is 43.3 Å². The fraction of sp³-hybridized carbons (Fsp3) is 0.0667. The average molecular weight is 271 g/mol. The van der Waals surface area contributed by atoms with Gasteiger partial charge in [-0.3, -0.25) is 9.89 Å². The lowest BCUT2D eigenvalue weighted by molar-refractivity contribution is 0.103. The van der Waals surface area contributed by atoms with Gasteiger partial charge in [0.1, 0.15) is 5.69 Å². The van der Waals surface area contributed by atoms with Crippen molar-refractivity contribution in [2.75, 3.05) is 0 Å². The van der Waals surface area contributed by atoms with Crippen LogP contribution in [0.2, 0.25) is 5.02 Å². The summed E-state index contributed by atoms with van der Waals surface area (Å²) in [5, 5.41) is 8.25. The number of carbonyl (C=O) groups excluding carboxylic acids is 1. The Balaban J connectivity index is 2.20. The van der Waals surface area contributed by atoms with Gasteiger partial charge >= 0.3 is 0 Å². The summed E-state index contributed by atoms with van der Waals surface area (Å²) in [4.78, 5) is 12.6. The summed E-state index contributed by atoms with van der Waals surface area (Å²) < 4.78 is 0. The normalized spacial score (nSPS) is 10.8. The van der Waals surface area contributed by atoms with Crippen LogP contribution in [0, 0.1) is 6.92 Å². The molecule has 0 aliphatic carbocycles. The molecule has 1 heterocycles. The summed E-state index contributed by atoms with van der Waals surface area (Å²) in [7, 11) is 0. The molecule has 2 aromatic carbocycles. The number of fused-ring (bicyclic) bond motifs is 1. The molecule has 94 valence electrons. The van der Waals surface area contributed by atoms with Crippen LogP contribution in [0.1, 0.15) is 21.6 Å². The highest BCUT2D eigenvalue weighted by molar-refractivity contribution is 6.35. The van der Waals surface area contributed by atoms with Gasteiger partial charge in [-0.15, -0.1) is 0 Å². The monoisotopic (exact) mass is 270 g/mol. The zero-order valence-corrected chi connectivity index (χ0v) is 11.0. The Labute approximate surface area is 115 Å². The van der Waals surface area contributed by atoms with Gasteiger partial charge in [-0.2, -0.15) is 5.10 Å². The van der Waals surface area contributed by atoms with E-state index in [9.17, 15) is 4.79 Å². The molecule has 3 rings (SSSR count). The molecule has 3 nitrogen and oxygen atoms in total. The standard InChI is InChI=1S/C15H11ClN2O/c1-9-5-4-7-11(16)13(9)15(19)14-10-6-2-3-8-12(10)17-18-14/h2-8H,1H3,(H,17,18). The summed E-state index contributed by atoms with van der Waals surface area (Å²) in [6.07, 6.45) is 0. The summed E-state index contributed by atoms with van der Waals surface area (Å²) in [5.74, 6) is -0.152. The van der Waals surface area contributed by atoms with E-state index in [4.69, 9.17) is 11.6 Å². The van der Waals surface area contributed by atoms with Crippen LogP contribution in [0.5, 0.6) is 0 Å². The smallest absolute Gasteiger partial charge is 0.215 e. The number of nitrogens with one attached hydrogen (secondary N) is 1. The topological polar surface area (TPSA) is 45.8 Å². The number of para-hydroxylation sites is 1. The Bertz CT molecular complexity index is 756. The molecule has 0 aliphatic heterocycles. The second-order valence-electron chi connectivity index (χ2n) is 4.38. The van der Waals surface area contributed by atoms with Gasteiger partial charge in [0.15, 0.2) is 0 Å². The summed E-state index contributed by atoms with van der Waals surface area (Å²) in [6.45, 7) is 1.87. The third kappa shape index (κ3) is 1.92. The van der Waals surface area contributed by atoms with Crippen LogP contribution in [0.4, 0.5) is 0 Å². The minimum Gasteiger partial charge on any atom is -0.287 e. The number of ketones is 1. The first-order valence-corrected chi connectivity index (χ1v) is 6.29. The number of carbonyl (C=O) groups is 1. The number of aromatic nitrogens is 2. The number of benzene rings is 2. The van der Waals surface area contributed by atoms with E-state index in [0.717, 1.165) is 16.5 Å². The third-order valence-electron chi connectivity index (χ3n) is 3.13. The second-order valence-corrected chi connectivity index (χ2v) is 4.79. The van der Waals surface area contributed by atoms with Crippen molar-refractivity contribution in [3.63, 3.8) is 0 Å². The molecule has 1 N–H and O–H groups in total. The minimum absolute atomic E-state index is 0.152. The molecule has 0 saturated carbocycles. The van der Waals surface area contributed by atoms with Crippen molar-refractivity contribution >= 4 is 28.3 Å². The molecule has 0 fully saturated rings. The molecule has 4 heteroatoms. The van der Waals surface area contributed by atoms with E-state index in [-0.39, 0.29) is 5.78 Å². The molecule has 0 unspecified atom stereocenters. The van der Waals surface area contributed by atoms with Crippen molar-refractivity contribution in [2.24, 2.45) is 0 Å². The zero-order valence-electron chi connectivity index (χ0n) is 10.3. The highest BCUT2D eigenvalue weighted by Crippen LogP contribution is 2.25. The Morgan fingerprint density at radius 2 is 1.95 bits per heavy atom. The van der Waals surface area contributed by atoms with Crippen LogP contribution in [0.3, 0.4) is 0 Å². The number of rotatable bonds is 2. The largest absolute Gasteiger partial charge is 0.287 e. The van der Waals surface area contributed by atoms with Crippen LogP contribution in [0.15, 0.2) is 42.5 Å². The van der Waals surface area contributed by atoms with Gasteiger partial charge in [0, 0.05) is 10.9 Å². The lowest BCUT2D eigenvalue weighted by atomic mass is 10.0. The average Bonchev–Trinajstić information content (AvgIpc) is 2.82. The quantitative estimate of drug-likeness (QED) is 0.721. The van der Waals surface area contributed by atoms with Crippen molar-refractivity contribution in [2.45, 2.75) is 6.92 Å². The molecule has 0 bridgehead atoms. The van der Waals surface area contributed by atoms with Gasteiger partial charge in [-0.25, -0.2) is 0 Å². The fourth-order valence-corrected chi connectivity index (χ4v) is 2.48. The second kappa shape index (κ2) is 4.52. The molecule has 0 atom stereocenters. The molecule has 0 amide bonds. The number of H-pyrrole nitrogens is 1.